The molecule has 0 unspecified atom stereocenters. The largest absolute Gasteiger partial charge is 0.340 e. The first-order valence-corrected chi connectivity index (χ1v) is 12.5. The van der Waals surface area contributed by atoms with Crippen LogP contribution in [0.15, 0.2) is 60.4 Å². The van der Waals surface area contributed by atoms with Gasteiger partial charge < -0.3 is 10.2 Å². The number of halogens is 1. The Morgan fingerprint density at radius 2 is 1.71 bits per heavy atom. The fourth-order valence-corrected chi connectivity index (χ4v) is 4.51. The lowest BCUT2D eigenvalue weighted by atomic mass is 10.1. The van der Waals surface area contributed by atoms with E-state index in [1.165, 1.54) is 49.5 Å². The number of likely N-dealkylation sites (N-methyl/N-ethyl adjacent to an activating group) is 1. The zero-order valence-corrected chi connectivity index (χ0v) is 21.0. The van der Waals surface area contributed by atoms with E-state index in [1.807, 2.05) is 6.92 Å². The van der Waals surface area contributed by atoms with Gasteiger partial charge in [-0.15, -0.1) is 0 Å². The van der Waals surface area contributed by atoms with Gasteiger partial charge in [0.15, 0.2) is 0 Å². The predicted molar refractivity (Wildman–Crippen MR) is 134 cm³/mol. The van der Waals surface area contributed by atoms with E-state index in [1.54, 1.807) is 31.3 Å². The van der Waals surface area contributed by atoms with E-state index in [2.05, 4.69) is 5.32 Å². The SMILES string of the molecule is CCCCN(C)C(=O)/C(=C/c1cn(S(=O)(=O)N(C)C)c2ccccc12)NC(=O)c1ccccc1F. The van der Waals surface area contributed by atoms with Gasteiger partial charge in [-0.25, -0.2) is 8.36 Å². The van der Waals surface area contributed by atoms with Crippen molar-refractivity contribution in [2.24, 2.45) is 0 Å². The molecular weight excluding hydrogens is 471 g/mol. The van der Waals surface area contributed by atoms with Crippen LogP contribution in [0, 0.1) is 5.82 Å². The van der Waals surface area contributed by atoms with E-state index >= 15 is 0 Å². The van der Waals surface area contributed by atoms with Gasteiger partial charge in [0, 0.05) is 44.8 Å². The van der Waals surface area contributed by atoms with Crippen molar-refractivity contribution in [2.45, 2.75) is 19.8 Å². The summed E-state index contributed by atoms with van der Waals surface area (Å²) in [5.41, 5.74) is 0.521. The zero-order chi connectivity index (χ0) is 25.8. The van der Waals surface area contributed by atoms with Gasteiger partial charge in [-0.05, 0) is 30.7 Å². The highest BCUT2D eigenvalue weighted by Crippen LogP contribution is 2.26. The number of carbonyl (C=O) groups excluding carboxylic acids is 2. The Labute approximate surface area is 204 Å². The van der Waals surface area contributed by atoms with Crippen LogP contribution >= 0.6 is 0 Å². The monoisotopic (exact) mass is 500 g/mol. The molecule has 0 aliphatic heterocycles. The van der Waals surface area contributed by atoms with Crippen molar-refractivity contribution < 1.29 is 22.4 Å². The Bertz CT molecular complexity index is 1380. The summed E-state index contributed by atoms with van der Waals surface area (Å²) in [7, 11) is 0.607. The second-order valence-electron chi connectivity index (χ2n) is 8.26. The van der Waals surface area contributed by atoms with Gasteiger partial charge in [-0.2, -0.15) is 12.7 Å². The Morgan fingerprint density at radius 1 is 1.06 bits per heavy atom. The average Bonchev–Trinajstić information content (AvgIpc) is 3.21. The molecule has 2 amide bonds. The van der Waals surface area contributed by atoms with E-state index < -0.39 is 27.8 Å². The molecule has 3 rings (SSSR count). The van der Waals surface area contributed by atoms with Gasteiger partial charge in [-0.3, -0.25) is 9.59 Å². The minimum atomic E-state index is -3.85. The Kier molecular flexibility index (Phi) is 8.08. The highest BCUT2D eigenvalue weighted by molar-refractivity contribution is 7.87. The van der Waals surface area contributed by atoms with Crippen LogP contribution in [0.2, 0.25) is 0 Å². The summed E-state index contributed by atoms with van der Waals surface area (Å²) in [6.07, 6.45) is 4.45. The number of hydrogen-bond acceptors (Lipinski definition) is 4. The number of aromatic nitrogens is 1. The Morgan fingerprint density at radius 3 is 2.37 bits per heavy atom. The molecule has 8 nitrogen and oxygen atoms in total. The van der Waals surface area contributed by atoms with Crippen molar-refractivity contribution in [3.63, 3.8) is 0 Å². The summed E-state index contributed by atoms with van der Waals surface area (Å²) in [6, 6.07) is 12.3. The van der Waals surface area contributed by atoms with E-state index in [0.29, 0.717) is 23.0 Å². The Hall–Kier alpha value is -3.50. The topological polar surface area (TPSA) is 91.7 Å². The molecular formula is C25H29FN4O4S. The molecule has 0 spiro atoms. The van der Waals surface area contributed by atoms with Gasteiger partial charge in [0.25, 0.3) is 11.8 Å². The van der Waals surface area contributed by atoms with Crippen LogP contribution in [0.5, 0.6) is 0 Å². The van der Waals surface area contributed by atoms with Gasteiger partial charge >= 0.3 is 10.2 Å². The van der Waals surface area contributed by atoms with Gasteiger partial charge in [0.05, 0.1) is 11.1 Å². The van der Waals surface area contributed by atoms with Gasteiger partial charge in [-0.1, -0.05) is 43.7 Å². The lowest BCUT2D eigenvalue weighted by Gasteiger charge is -2.19. The zero-order valence-electron chi connectivity index (χ0n) is 20.2. The molecule has 0 radical (unpaired) electrons. The molecule has 2 aromatic carbocycles. The van der Waals surface area contributed by atoms with Crippen molar-refractivity contribution in [1.82, 2.24) is 18.5 Å². The molecule has 35 heavy (non-hydrogen) atoms. The number of benzene rings is 2. The van der Waals surface area contributed by atoms with E-state index in [4.69, 9.17) is 0 Å². The highest BCUT2D eigenvalue weighted by atomic mass is 32.2. The van der Waals surface area contributed by atoms with Gasteiger partial charge in [0.2, 0.25) is 0 Å². The summed E-state index contributed by atoms with van der Waals surface area (Å²) in [4.78, 5) is 27.6. The third kappa shape index (κ3) is 5.60. The van der Waals surface area contributed by atoms with Crippen LogP contribution in [-0.4, -0.2) is 61.1 Å². The molecule has 0 atom stereocenters. The van der Waals surface area contributed by atoms with E-state index in [0.717, 1.165) is 27.2 Å². The van der Waals surface area contributed by atoms with Crippen molar-refractivity contribution in [1.29, 1.82) is 0 Å². The van der Waals surface area contributed by atoms with Crippen LogP contribution in [0.3, 0.4) is 0 Å². The second kappa shape index (κ2) is 10.8. The molecule has 186 valence electrons. The molecule has 0 saturated heterocycles. The van der Waals surface area contributed by atoms with E-state index in [9.17, 15) is 22.4 Å². The first-order chi connectivity index (χ1) is 16.6. The minimum absolute atomic E-state index is 0.0954. The summed E-state index contributed by atoms with van der Waals surface area (Å²) in [5, 5.41) is 3.11. The van der Waals surface area contributed by atoms with Crippen LogP contribution in [-0.2, 0) is 15.0 Å². The van der Waals surface area contributed by atoms with Gasteiger partial charge in [0.1, 0.15) is 11.5 Å². The summed E-state index contributed by atoms with van der Waals surface area (Å²) in [6.45, 7) is 2.45. The number of unbranched alkanes of at least 4 members (excludes halogenated alkanes) is 1. The van der Waals surface area contributed by atoms with Crippen LogP contribution in [0.25, 0.3) is 17.0 Å². The maximum absolute atomic E-state index is 14.2. The van der Waals surface area contributed by atoms with Crippen molar-refractivity contribution >= 4 is 39.0 Å². The molecule has 10 heteroatoms. The first-order valence-electron chi connectivity index (χ1n) is 11.1. The van der Waals surface area contributed by atoms with Crippen LogP contribution < -0.4 is 5.32 Å². The Balaban J connectivity index is 2.14. The fourth-order valence-electron chi connectivity index (χ4n) is 3.50. The summed E-state index contributed by atoms with van der Waals surface area (Å²) < 4.78 is 42.2. The highest BCUT2D eigenvalue weighted by Gasteiger charge is 2.23. The van der Waals surface area contributed by atoms with Crippen LogP contribution in [0.4, 0.5) is 4.39 Å². The molecule has 3 aromatic rings. The second-order valence-corrected chi connectivity index (χ2v) is 10.3. The number of amides is 2. The first kappa shape index (κ1) is 26.1. The number of fused-ring (bicyclic) bond motifs is 1. The maximum atomic E-state index is 14.2. The number of carbonyl (C=O) groups is 2. The number of hydrogen-bond donors (Lipinski definition) is 1. The van der Waals surface area contributed by atoms with Crippen molar-refractivity contribution in [2.75, 3.05) is 27.7 Å². The predicted octanol–water partition coefficient (Wildman–Crippen LogP) is 3.46. The third-order valence-electron chi connectivity index (χ3n) is 5.51. The normalized spacial score (nSPS) is 12.2. The molecule has 1 N–H and O–H groups in total. The van der Waals surface area contributed by atoms with E-state index in [-0.39, 0.29) is 11.3 Å². The molecule has 1 aromatic heterocycles. The fraction of sp³-hybridized carbons (Fsp3) is 0.280. The lowest BCUT2D eigenvalue weighted by molar-refractivity contribution is -0.126. The number of para-hydroxylation sites is 1. The number of rotatable bonds is 9. The summed E-state index contributed by atoms with van der Waals surface area (Å²) >= 11 is 0. The quantitative estimate of drug-likeness (QED) is 0.456. The van der Waals surface area contributed by atoms with Crippen molar-refractivity contribution in [3.8, 4) is 0 Å². The van der Waals surface area contributed by atoms with Crippen molar-refractivity contribution in [3.05, 3.63) is 77.4 Å². The smallest absolute Gasteiger partial charge is 0.307 e. The maximum Gasteiger partial charge on any atom is 0.307 e. The number of nitrogens with one attached hydrogen (secondary N) is 1. The molecule has 0 fully saturated rings. The van der Waals surface area contributed by atoms with Crippen LogP contribution in [0.1, 0.15) is 35.7 Å². The number of nitrogens with zero attached hydrogens (tertiary/aromatic N) is 3. The molecule has 0 aliphatic rings. The minimum Gasteiger partial charge on any atom is -0.340 e. The average molecular weight is 501 g/mol. The third-order valence-corrected chi connectivity index (χ3v) is 7.23. The molecule has 0 saturated carbocycles. The lowest BCUT2D eigenvalue weighted by Crippen LogP contribution is -2.37. The molecule has 0 aliphatic carbocycles. The molecule has 1 heterocycles. The molecule has 0 bridgehead atoms. The standard InChI is InChI=1S/C25H29FN4O4S/c1-5-6-15-29(4)25(32)22(27-24(31)20-12-7-9-13-21(20)26)16-18-17-30(35(33,34)28(2)3)23-14-10-8-11-19(18)23/h7-14,16-17H,5-6,15H2,1-4H3,(H,27,31)/b22-16-. The summed E-state index contributed by atoms with van der Waals surface area (Å²) in [5.74, 6) is -1.98.